The van der Waals surface area contributed by atoms with Gasteiger partial charge in [-0.2, -0.15) is 0 Å². The average molecular weight is 174 g/mol. The lowest BCUT2D eigenvalue weighted by Crippen LogP contribution is -2.12. The van der Waals surface area contributed by atoms with Gasteiger partial charge < -0.3 is 10.2 Å². The van der Waals surface area contributed by atoms with Gasteiger partial charge in [0.2, 0.25) is 6.41 Å². The maximum Gasteiger partial charge on any atom is 0.207 e. The molecule has 0 fully saturated rings. The van der Waals surface area contributed by atoms with E-state index in [4.69, 9.17) is 4.84 Å². The van der Waals surface area contributed by atoms with Crippen LogP contribution in [0.15, 0.2) is 0 Å². The van der Waals surface area contributed by atoms with Crippen LogP contribution in [0.3, 0.4) is 0 Å². The molecule has 0 saturated carbocycles. The molecule has 1 amide bonds. The summed E-state index contributed by atoms with van der Waals surface area (Å²) in [5, 5.41) is 2.63. The summed E-state index contributed by atoms with van der Waals surface area (Å²) in [6, 6.07) is 0. The molecule has 0 spiro atoms. The van der Waals surface area contributed by atoms with Crippen molar-refractivity contribution in [3.05, 3.63) is 0 Å². The lowest BCUT2D eigenvalue weighted by Gasteiger charge is -2.01. The molecule has 0 rings (SSSR count). The van der Waals surface area contributed by atoms with Crippen molar-refractivity contribution >= 4 is 6.41 Å². The summed E-state index contributed by atoms with van der Waals surface area (Å²) in [6.45, 7) is 1.55. The van der Waals surface area contributed by atoms with Crippen LogP contribution in [0.5, 0.6) is 0 Å². The number of hydrogen-bond donors (Lipinski definition) is 2. The molecular weight excluding hydrogens is 156 g/mol. The van der Waals surface area contributed by atoms with Crippen LogP contribution in [-0.2, 0) is 9.63 Å². The van der Waals surface area contributed by atoms with Gasteiger partial charge in [0, 0.05) is 13.6 Å². The predicted octanol–water partition coefficient (Wildman–Crippen LogP) is 0.444. The summed E-state index contributed by atoms with van der Waals surface area (Å²) in [5.41, 5.74) is 2.62. The summed E-state index contributed by atoms with van der Waals surface area (Å²) >= 11 is 0. The van der Waals surface area contributed by atoms with Crippen LogP contribution in [0.25, 0.3) is 0 Å². The van der Waals surface area contributed by atoms with Crippen molar-refractivity contribution in [2.75, 3.05) is 20.2 Å². The minimum atomic E-state index is 0.740. The molecule has 4 nitrogen and oxygen atoms in total. The van der Waals surface area contributed by atoms with Crippen molar-refractivity contribution in [3.63, 3.8) is 0 Å². The molecule has 4 heteroatoms. The maximum atomic E-state index is 9.84. The molecule has 0 radical (unpaired) electrons. The van der Waals surface area contributed by atoms with E-state index in [0.717, 1.165) is 45.2 Å². The topological polar surface area (TPSA) is 50.4 Å². The average Bonchev–Trinajstić information content (AvgIpc) is 2.10. The zero-order valence-electron chi connectivity index (χ0n) is 7.64. The van der Waals surface area contributed by atoms with Crippen LogP contribution >= 0.6 is 0 Å². The summed E-state index contributed by atoms with van der Waals surface area (Å²) in [6.07, 6.45) is 5.17. The van der Waals surface area contributed by atoms with Crippen molar-refractivity contribution in [2.24, 2.45) is 0 Å². The van der Waals surface area contributed by atoms with E-state index in [1.807, 2.05) is 0 Å². The number of carbonyl (C=O) groups is 1. The molecule has 0 aromatic rings. The van der Waals surface area contributed by atoms with E-state index in [0.29, 0.717) is 0 Å². The van der Waals surface area contributed by atoms with E-state index in [1.165, 1.54) is 0 Å². The van der Waals surface area contributed by atoms with Crippen LogP contribution < -0.4 is 10.8 Å². The Morgan fingerprint density at radius 2 is 2.00 bits per heavy atom. The summed E-state index contributed by atoms with van der Waals surface area (Å²) in [5.74, 6) is 0. The van der Waals surface area contributed by atoms with Crippen molar-refractivity contribution in [3.8, 4) is 0 Å². The number of hydroxylamine groups is 1. The number of nitrogens with one attached hydrogen (secondary N) is 2. The third-order valence-corrected chi connectivity index (χ3v) is 1.55. The SMILES string of the molecule is CNOCCCCCCNC=O. The zero-order chi connectivity index (χ0) is 9.07. The van der Waals surface area contributed by atoms with E-state index in [-0.39, 0.29) is 0 Å². The molecule has 0 unspecified atom stereocenters. The number of amides is 1. The van der Waals surface area contributed by atoms with Gasteiger partial charge in [0.05, 0.1) is 6.61 Å². The van der Waals surface area contributed by atoms with Gasteiger partial charge in [-0.1, -0.05) is 12.8 Å². The normalized spacial score (nSPS) is 9.75. The fourth-order valence-corrected chi connectivity index (χ4v) is 0.916. The summed E-state index contributed by atoms with van der Waals surface area (Å²) < 4.78 is 0. The van der Waals surface area contributed by atoms with Gasteiger partial charge in [-0.05, 0) is 12.8 Å². The molecule has 72 valence electrons. The Kier molecular flexibility index (Phi) is 9.86. The highest BCUT2D eigenvalue weighted by Crippen LogP contribution is 1.98. The molecular formula is C8H18N2O2. The Hall–Kier alpha value is -0.610. The van der Waals surface area contributed by atoms with Crippen molar-refractivity contribution in [1.29, 1.82) is 0 Å². The second kappa shape index (κ2) is 10.4. The van der Waals surface area contributed by atoms with Crippen molar-refractivity contribution in [1.82, 2.24) is 10.8 Å². The highest BCUT2D eigenvalue weighted by molar-refractivity contribution is 5.45. The zero-order valence-corrected chi connectivity index (χ0v) is 7.64. The first-order chi connectivity index (χ1) is 5.91. The first-order valence-electron chi connectivity index (χ1n) is 4.37. The van der Waals surface area contributed by atoms with Gasteiger partial charge in [0.1, 0.15) is 0 Å². The van der Waals surface area contributed by atoms with Crippen LogP contribution in [0.4, 0.5) is 0 Å². The second-order valence-electron chi connectivity index (χ2n) is 2.54. The van der Waals surface area contributed by atoms with Gasteiger partial charge >= 0.3 is 0 Å². The summed E-state index contributed by atoms with van der Waals surface area (Å²) in [4.78, 5) is 14.8. The first kappa shape index (κ1) is 11.4. The molecule has 2 N–H and O–H groups in total. The first-order valence-corrected chi connectivity index (χ1v) is 4.37. The third-order valence-electron chi connectivity index (χ3n) is 1.55. The van der Waals surface area contributed by atoms with Crippen LogP contribution in [0.2, 0.25) is 0 Å². The van der Waals surface area contributed by atoms with E-state index in [9.17, 15) is 4.79 Å². The van der Waals surface area contributed by atoms with Gasteiger partial charge in [0.15, 0.2) is 0 Å². The third kappa shape index (κ3) is 9.39. The highest BCUT2D eigenvalue weighted by atomic mass is 16.6. The Balaban J connectivity index is 2.77. The lowest BCUT2D eigenvalue weighted by molar-refractivity contribution is -0.109. The van der Waals surface area contributed by atoms with Gasteiger partial charge in [-0.15, -0.1) is 0 Å². The van der Waals surface area contributed by atoms with Gasteiger partial charge in [0.25, 0.3) is 0 Å². The fraction of sp³-hybridized carbons (Fsp3) is 0.875. The monoisotopic (exact) mass is 174 g/mol. The molecule has 0 heterocycles. The minimum absolute atomic E-state index is 0.740. The smallest absolute Gasteiger partial charge is 0.207 e. The van der Waals surface area contributed by atoms with Gasteiger partial charge in [-0.3, -0.25) is 4.79 Å². The quantitative estimate of drug-likeness (QED) is 0.303. The number of hydrogen-bond acceptors (Lipinski definition) is 3. The minimum Gasteiger partial charge on any atom is -0.359 e. The van der Waals surface area contributed by atoms with Crippen LogP contribution in [0.1, 0.15) is 25.7 Å². The van der Waals surface area contributed by atoms with Crippen molar-refractivity contribution in [2.45, 2.75) is 25.7 Å². The molecule has 0 atom stereocenters. The fourth-order valence-electron chi connectivity index (χ4n) is 0.916. The van der Waals surface area contributed by atoms with E-state index >= 15 is 0 Å². The number of rotatable bonds is 9. The molecule has 0 aliphatic rings. The van der Waals surface area contributed by atoms with E-state index < -0.39 is 0 Å². The number of unbranched alkanes of at least 4 members (excludes halogenated alkanes) is 3. The molecule has 0 aromatic carbocycles. The Morgan fingerprint density at radius 3 is 2.67 bits per heavy atom. The molecule has 0 saturated heterocycles. The lowest BCUT2D eigenvalue weighted by atomic mass is 10.2. The van der Waals surface area contributed by atoms with E-state index in [2.05, 4.69) is 10.8 Å². The van der Waals surface area contributed by atoms with Crippen LogP contribution in [0, 0.1) is 0 Å². The number of carbonyl (C=O) groups excluding carboxylic acids is 1. The predicted molar refractivity (Wildman–Crippen MR) is 47.5 cm³/mol. The summed E-state index contributed by atoms with van der Waals surface area (Å²) in [7, 11) is 1.76. The largest absolute Gasteiger partial charge is 0.359 e. The molecule has 0 aromatic heterocycles. The van der Waals surface area contributed by atoms with Gasteiger partial charge in [-0.25, -0.2) is 5.48 Å². The Labute approximate surface area is 73.6 Å². The van der Waals surface area contributed by atoms with Crippen molar-refractivity contribution < 1.29 is 9.63 Å². The Morgan fingerprint density at radius 1 is 1.25 bits per heavy atom. The molecule has 12 heavy (non-hydrogen) atoms. The maximum absolute atomic E-state index is 9.84. The molecule has 0 bridgehead atoms. The second-order valence-corrected chi connectivity index (χ2v) is 2.54. The standard InChI is InChI=1S/C8H18N2O2/c1-9-12-7-5-3-2-4-6-10-8-11/h8-9H,2-7H2,1H3,(H,10,11). The molecule has 0 aliphatic carbocycles. The van der Waals surface area contributed by atoms with E-state index in [1.54, 1.807) is 7.05 Å². The Bertz CT molecular complexity index is 99.1. The highest BCUT2D eigenvalue weighted by Gasteiger charge is 1.89. The molecule has 0 aliphatic heterocycles. The van der Waals surface area contributed by atoms with Crippen LogP contribution in [-0.4, -0.2) is 26.6 Å².